The van der Waals surface area contributed by atoms with Gasteiger partial charge in [0.25, 0.3) is 5.91 Å². The molecule has 0 radical (unpaired) electrons. The Morgan fingerprint density at radius 1 is 0.950 bits per heavy atom. The van der Waals surface area contributed by atoms with E-state index in [0.717, 1.165) is 34.4 Å². The summed E-state index contributed by atoms with van der Waals surface area (Å²) in [5, 5.41) is 13.2. The van der Waals surface area contributed by atoms with E-state index in [0.29, 0.717) is 27.0 Å². The Hall–Kier alpha value is -3.69. The second-order valence-electron chi connectivity index (χ2n) is 7.85. The number of carbonyl (C=O) groups excluding carboxylic acids is 4. The van der Waals surface area contributed by atoms with Gasteiger partial charge in [-0.3, -0.25) is 14.9 Å². The molecule has 1 unspecified atom stereocenters. The van der Waals surface area contributed by atoms with Gasteiger partial charge in [-0.1, -0.05) is 23.1 Å². The monoisotopic (exact) mass is 608 g/mol. The highest BCUT2D eigenvalue weighted by Gasteiger charge is 2.28. The minimum atomic E-state index is -0.661. The standard InChI is InChI=1S/C25H28N4O8S3/c1-7-36-22(32)17-12(3)18(23(33)37-8-2)39-21(17)26-19(30)13(4)38-25-29-28-24(40-25)27-20(31)14-9-10-15(34-5)16(11-14)35-6/h9-11,13H,7-8H2,1-6H3,(H,26,30)(H,27,28,31). The normalized spacial score (nSPS) is 11.3. The van der Waals surface area contributed by atoms with E-state index in [9.17, 15) is 19.2 Å². The van der Waals surface area contributed by atoms with Crippen LogP contribution in [0, 0.1) is 6.92 Å². The highest BCUT2D eigenvalue weighted by molar-refractivity contribution is 8.02. The Bertz CT molecular complexity index is 1400. The van der Waals surface area contributed by atoms with Crippen LogP contribution in [0.25, 0.3) is 0 Å². The van der Waals surface area contributed by atoms with Crippen molar-refractivity contribution in [2.24, 2.45) is 0 Å². The molecule has 214 valence electrons. The number of esters is 2. The Balaban J connectivity index is 1.69. The Labute approximate surface area is 242 Å². The van der Waals surface area contributed by atoms with Gasteiger partial charge in [0.05, 0.1) is 38.2 Å². The molecule has 3 aromatic rings. The second-order valence-corrected chi connectivity index (χ2v) is 11.4. The summed E-state index contributed by atoms with van der Waals surface area (Å²) in [5.74, 6) is -1.19. The van der Waals surface area contributed by atoms with Crippen LogP contribution in [-0.4, -0.2) is 66.6 Å². The number of hydrogen-bond donors (Lipinski definition) is 2. The lowest BCUT2D eigenvalue weighted by atomic mass is 10.1. The third-order valence-corrected chi connectivity index (χ3v) is 8.45. The fourth-order valence-electron chi connectivity index (χ4n) is 3.31. The molecule has 15 heteroatoms. The van der Waals surface area contributed by atoms with E-state index in [1.54, 1.807) is 45.9 Å². The predicted molar refractivity (Wildman–Crippen MR) is 152 cm³/mol. The average molecular weight is 609 g/mol. The first kappa shape index (κ1) is 30.8. The molecule has 40 heavy (non-hydrogen) atoms. The number of aromatic nitrogens is 2. The Morgan fingerprint density at radius 3 is 2.27 bits per heavy atom. The van der Waals surface area contributed by atoms with E-state index in [1.807, 2.05) is 0 Å². The lowest BCUT2D eigenvalue weighted by Gasteiger charge is -2.10. The summed E-state index contributed by atoms with van der Waals surface area (Å²) in [6.45, 7) is 6.88. The number of nitrogens with one attached hydrogen (secondary N) is 2. The summed E-state index contributed by atoms with van der Waals surface area (Å²) >= 11 is 3.16. The number of amides is 2. The molecule has 1 atom stereocenters. The van der Waals surface area contributed by atoms with Crippen LogP contribution in [0.1, 0.15) is 56.7 Å². The van der Waals surface area contributed by atoms with Crippen molar-refractivity contribution in [2.75, 3.05) is 38.1 Å². The molecule has 0 fully saturated rings. The molecule has 12 nitrogen and oxygen atoms in total. The van der Waals surface area contributed by atoms with Gasteiger partial charge < -0.3 is 24.3 Å². The van der Waals surface area contributed by atoms with Crippen molar-refractivity contribution in [3.05, 3.63) is 39.8 Å². The second kappa shape index (κ2) is 14.1. The van der Waals surface area contributed by atoms with E-state index >= 15 is 0 Å². The maximum Gasteiger partial charge on any atom is 0.348 e. The topological polar surface area (TPSA) is 155 Å². The summed E-state index contributed by atoms with van der Waals surface area (Å²) in [4.78, 5) is 50.9. The number of benzene rings is 1. The van der Waals surface area contributed by atoms with Gasteiger partial charge >= 0.3 is 11.9 Å². The summed E-state index contributed by atoms with van der Waals surface area (Å²) in [6.07, 6.45) is 0. The molecule has 0 bridgehead atoms. The van der Waals surface area contributed by atoms with E-state index in [-0.39, 0.29) is 33.8 Å². The van der Waals surface area contributed by atoms with Crippen LogP contribution >= 0.6 is 34.4 Å². The van der Waals surface area contributed by atoms with Crippen molar-refractivity contribution in [3.8, 4) is 11.5 Å². The zero-order valence-corrected chi connectivity index (χ0v) is 25.1. The van der Waals surface area contributed by atoms with Crippen LogP contribution in [0.5, 0.6) is 11.5 Å². The lowest BCUT2D eigenvalue weighted by Crippen LogP contribution is -2.23. The smallest absolute Gasteiger partial charge is 0.348 e. The lowest BCUT2D eigenvalue weighted by molar-refractivity contribution is -0.115. The van der Waals surface area contributed by atoms with Crippen LogP contribution < -0.4 is 20.1 Å². The third kappa shape index (κ3) is 7.28. The first-order valence-corrected chi connectivity index (χ1v) is 14.5. The Kier molecular flexibility index (Phi) is 10.9. The van der Waals surface area contributed by atoms with Crippen molar-refractivity contribution in [1.82, 2.24) is 10.2 Å². The van der Waals surface area contributed by atoms with Crippen molar-refractivity contribution < 1.29 is 38.1 Å². The maximum absolute atomic E-state index is 13.0. The molecule has 0 aliphatic rings. The summed E-state index contributed by atoms with van der Waals surface area (Å²) in [5.41, 5.74) is 0.814. The van der Waals surface area contributed by atoms with Gasteiger partial charge in [-0.25, -0.2) is 9.59 Å². The third-order valence-electron chi connectivity index (χ3n) is 5.24. The number of nitrogens with zero attached hydrogens (tertiary/aromatic N) is 2. The molecule has 2 amide bonds. The maximum atomic E-state index is 13.0. The highest BCUT2D eigenvalue weighted by atomic mass is 32.2. The molecule has 0 aliphatic carbocycles. The van der Waals surface area contributed by atoms with Crippen molar-refractivity contribution in [1.29, 1.82) is 0 Å². The number of carbonyl (C=O) groups is 4. The van der Waals surface area contributed by atoms with Crippen LogP contribution in [-0.2, 0) is 14.3 Å². The van der Waals surface area contributed by atoms with Crippen molar-refractivity contribution in [3.63, 3.8) is 0 Å². The fourth-order valence-corrected chi connectivity index (χ4v) is 6.30. The van der Waals surface area contributed by atoms with Crippen LogP contribution in [0.2, 0.25) is 0 Å². The number of ether oxygens (including phenoxy) is 4. The van der Waals surface area contributed by atoms with Gasteiger partial charge in [-0.05, 0) is 51.5 Å². The number of thioether (sulfide) groups is 1. The molecular weight excluding hydrogens is 580 g/mol. The van der Waals surface area contributed by atoms with Gasteiger partial charge in [0, 0.05) is 5.56 Å². The number of methoxy groups -OCH3 is 2. The molecular formula is C25H28N4O8S3. The minimum Gasteiger partial charge on any atom is -0.493 e. The van der Waals surface area contributed by atoms with E-state index in [2.05, 4.69) is 20.8 Å². The first-order valence-electron chi connectivity index (χ1n) is 11.9. The molecule has 2 N–H and O–H groups in total. The van der Waals surface area contributed by atoms with Crippen LogP contribution in [0.3, 0.4) is 0 Å². The van der Waals surface area contributed by atoms with Crippen LogP contribution in [0.15, 0.2) is 22.5 Å². The molecule has 1 aromatic carbocycles. The average Bonchev–Trinajstić information content (AvgIpc) is 3.51. The number of rotatable bonds is 12. The van der Waals surface area contributed by atoms with Crippen LogP contribution in [0.4, 0.5) is 10.1 Å². The molecule has 2 aromatic heterocycles. The molecule has 3 rings (SSSR count). The van der Waals surface area contributed by atoms with Gasteiger partial charge in [0.15, 0.2) is 15.8 Å². The van der Waals surface area contributed by atoms with Crippen molar-refractivity contribution >= 4 is 68.3 Å². The quantitative estimate of drug-likeness (QED) is 0.168. The SMILES string of the molecule is CCOC(=O)c1sc(NC(=O)C(C)Sc2nnc(NC(=O)c3ccc(OC)c(OC)c3)s2)c(C(=O)OCC)c1C. The number of hydrogen-bond acceptors (Lipinski definition) is 13. The summed E-state index contributed by atoms with van der Waals surface area (Å²) in [6, 6.07) is 4.75. The largest absolute Gasteiger partial charge is 0.493 e. The highest BCUT2D eigenvalue weighted by Crippen LogP contribution is 2.36. The van der Waals surface area contributed by atoms with Gasteiger partial charge in [0.1, 0.15) is 9.88 Å². The fraction of sp³-hybridized carbons (Fsp3) is 0.360. The van der Waals surface area contributed by atoms with Gasteiger partial charge in [0.2, 0.25) is 11.0 Å². The van der Waals surface area contributed by atoms with Gasteiger partial charge in [-0.2, -0.15) is 0 Å². The number of anilines is 2. The summed E-state index contributed by atoms with van der Waals surface area (Å²) < 4.78 is 21.1. The van der Waals surface area contributed by atoms with E-state index in [4.69, 9.17) is 18.9 Å². The molecule has 0 saturated heterocycles. The van der Waals surface area contributed by atoms with Gasteiger partial charge in [-0.15, -0.1) is 21.5 Å². The molecule has 0 aliphatic heterocycles. The Morgan fingerprint density at radius 2 is 1.62 bits per heavy atom. The first-order chi connectivity index (χ1) is 19.1. The predicted octanol–water partition coefficient (Wildman–Crippen LogP) is 4.65. The van der Waals surface area contributed by atoms with Crippen molar-refractivity contribution in [2.45, 2.75) is 37.3 Å². The van der Waals surface area contributed by atoms with E-state index in [1.165, 1.54) is 14.2 Å². The number of thiophene rings is 1. The zero-order valence-electron chi connectivity index (χ0n) is 22.6. The molecule has 0 spiro atoms. The minimum absolute atomic E-state index is 0.108. The molecule has 2 heterocycles. The zero-order chi connectivity index (χ0) is 29.4. The summed E-state index contributed by atoms with van der Waals surface area (Å²) in [7, 11) is 2.97. The molecule has 0 saturated carbocycles. The van der Waals surface area contributed by atoms with E-state index < -0.39 is 29.0 Å².